The molecule has 0 aliphatic heterocycles. The van der Waals surface area contributed by atoms with Crippen LogP contribution in [-0.2, 0) is 5.41 Å². The molecular formula is C23H24N2. The van der Waals surface area contributed by atoms with Crippen LogP contribution >= 0.6 is 0 Å². The van der Waals surface area contributed by atoms with Crippen LogP contribution in [0.3, 0.4) is 0 Å². The zero-order chi connectivity index (χ0) is 17.9. The van der Waals surface area contributed by atoms with E-state index < -0.39 is 0 Å². The molecule has 0 saturated carbocycles. The lowest BCUT2D eigenvalue weighted by Crippen LogP contribution is -2.13. The summed E-state index contributed by atoms with van der Waals surface area (Å²) >= 11 is 0. The average Bonchev–Trinajstić information content (AvgIpc) is 2.63. The highest BCUT2D eigenvalue weighted by molar-refractivity contribution is 5.76. The summed E-state index contributed by atoms with van der Waals surface area (Å²) in [5.74, 6) is 0. The van der Waals surface area contributed by atoms with E-state index in [4.69, 9.17) is 0 Å². The van der Waals surface area contributed by atoms with Crippen molar-refractivity contribution in [1.82, 2.24) is 4.98 Å². The molecule has 0 aliphatic rings. The van der Waals surface area contributed by atoms with Gasteiger partial charge in [-0.1, -0.05) is 57.7 Å². The Kier molecular flexibility index (Phi) is 4.71. The quantitative estimate of drug-likeness (QED) is 0.544. The highest BCUT2D eigenvalue weighted by atomic mass is 15.1. The molecule has 126 valence electrons. The van der Waals surface area contributed by atoms with Gasteiger partial charge >= 0.3 is 0 Å². The highest BCUT2D eigenvalue weighted by Crippen LogP contribution is 2.35. The molecule has 25 heavy (non-hydrogen) atoms. The van der Waals surface area contributed by atoms with Crippen molar-refractivity contribution in [3.63, 3.8) is 0 Å². The zero-order valence-corrected chi connectivity index (χ0v) is 15.1. The van der Waals surface area contributed by atoms with Crippen LogP contribution in [0.15, 0.2) is 79.6 Å². The Morgan fingerprint density at radius 3 is 1.92 bits per heavy atom. The van der Waals surface area contributed by atoms with Crippen molar-refractivity contribution in [2.75, 3.05) is 4.90 Å². The Morgan fingerprint density at radius 2 is 1.44 bits per heavy atom. The lowest BCUT2D eigenvalue weighted by molar-refractivity contribution is 0.590. The predicted molar refractivity (Wildman–Crippen MR) is 108 cm³/mol. The molecule has 2 heteroatoms. The Hall–Kier alpha value is -2.87. The smallest absolute Gasteiger partial charge is 0.0644 e. The molecule has 0 fully saturated rings. The number of hydrogen-bond donors (Lipinski definition) is 0. The summed E-state index contributed by atoms with van der Waals surface area (Å²) in [6, 6.07) is 21.2. The predicted octanol–water partition coefficient (Wildman–Crippen LogP) is 6.49. The van der Waals surface area contributed by atoms with E-state index >= 15 is 0 Å². The molecule has 0 radical (unpaired) electrons. The third-order valence-corrected chi connectivity index (χ3v) is 4.28. The SMILES string of the molecule is C=Cc1ccc(N(c2ccc(C(C)(C)C)cc2)c2cccnc2)cc1. The lowest BCUT2D eigenvalue weighted by atomic mass is 9.87. The molecule has 0 unspecified atom stereocenters. The van der Waals surface area contributed by atoms with E-state index in [0.717, 1.165) is 22.6 Å². The van der Waals surface area contributed by atoms with Crippen molar-refractivity contribution in [3.05, 3.63) is 90.8 Å². The summed E-state index contributed by atoms with van der Waals surface area (Å²) in [5, 5.41) is 0. The fourth-order valence-electron chi connectivity index (χ4n) is 2.80. The molecule has 0 aliphatic carbocycles. The van der Waals surface area contributed by atoms with Crippen LogP contribution in [0.4, 0.5) is 17.1 Å². The largest absolute Gasteiger partial charge is 0.309 e. The summed E-state index contributed by atoms with van der Waals surface area (Å²) in [7, 11) is 0. The monoisotopic (exact) mass is 328 g/mol. The maximum absolute atomic E-state index is 4.29. The zero-order valence-electron chi connectivity index (χ0n) is 15.1. The molecule has 0 N–H and O–H groups in total. The summed E-state index contributed by atoms with van der Waals surface area (Å²) in [6.07, 6.45) is 5.54. The Balaban J connectivity index is 2.06. The van der Waals surface area contributed by atoms with Gasteiger partial charge in [-0.2, -0.15) is 0 Å². The van der Waals surface area contributed by atoms with E-state index in [-0.39, 0.29) is 5.41 Å². The van der Waals surface area contributed by atoms with Crippen LogP contribution in [0, 0.1) is 0 Å². The van der Waals surface area contributed by atoms with Crippen molar-refractivity contribution in [2.24, 2.45) is 0 Å². The number of aromatic nitrogens is 1. The van der Waals surface area contributed by atoms with Crippen molar-refractivity contribution >= 4 is 23.1 Å². The van der Waals surface area contributed by atoms with Gasteiger partial charge in [0.1, 0.15) is 0 Å². The molecule has 3 rings (SSSR count). The van der Waals surface area contributed by atoms with E-state index in [1.807, 2.05) is 18.3 Å². The van der Waals surface area contributed by atoms with Gasteiger partial charge in [0.15, 0.2) is 0 Å². The van der Waals surface area contributed by atoms with E-state index in [0.29, 0.717) is 0 Å². The van der Waals surface area contributed by atoms with E-state index in [1.54, 1.807) is 6.20 Å². The molecule has 3 aromatic rings. The lowest BCUT2D eigenvalue weighted by Gasteiger charge is -2.26. The second-order valence-electron chi connectivity index (χ2n) is 7.14. The maximum Gasteiger partial charge on any atom is 0.0644 e. The van der Waals surface area contributed by atoms with Gasteiger partial charge in [-0.25, -0.2) is 0 Å². The molecule has 2 aromatic carbocycles. The molecule has 0 bridgehead atoms. The Morgan fingerprint density at radius 1 is 0.840 bits per heavy atom. The van der Waals surface area contributed by atoms with Crippen molar-refractivity contribution in [1.29, 1.82) is 0 Å². The molecular weight excluding hydrogens is 304 g/mol. The summed E-state index contributed by atoms with van der Waals surface area (Å²) in [6.45, 7) is 10.5. The van der Waals surface area contributed by atoms with Crippen molar-refractivity contribution in [3.8, 4) is 0 Å². The van der Waals surface area contributed by atoms with Gasteiger partial charge in [0.2, 0.25) is 0 Å². The maximum atomic E-state index is 4.29. The van der Waals surface area contributed by atoms with Crippen LogP contribution in [0.1, 0.15) is 31.9 Å². The van der Waals surface area contributed by atoms with Gasteiger partial charge < -0.3 is 4.90 Å². The van der Waals surface area contributed by atoms with Gasteiger partial charge in [0, 0.05) is 17.6 Å². The van der Waals surface area contributed by atoms with Gasteiger partial charge in [0.05, 0.1) is 11.9 Å². The minimum absolute atomic E-state index is 0.142. The highest BCUT2D eigenvalue weighted by Gasteiger charge is 2.16. The number of rotatable bonds is 4. The molecule has 2 nitrogen and oxygen atoms in total. The van der Waals surface area contributed by atoms with Gasteiger partial charge in [-0.05, 0) is 52.9 Å². The number of hydrogen-bond acceptors (Lipinski definition) is 2. The first kappa shape index (κ1) is 17.0. The molecule has 1 aromatic heterocycles. The average molecular weight is 328 g/mol. The second kappa shape index (κ2) is 6.94. The summed E-state index contributed by atoms with van der Waals surface area (Å²) in [4.78, 5) is 6.50. The van der Waals surface area contributed by atoms with Crippen LogP contribution in [-0.4, -0.2) is 4.98 Å². The molecule has 0 amide bonds. The van der Waals surface area contributed by atoms with E-state index in [2.05, 4.69) is 91.8 Å². The van der Waals surface area contributed by atoms with Gasteiger partial charge in [-0.3, -0.25) is 4.98 Å². The third kappa shape index (κ3) is 3.80. The molecule has 1 heterocycles. The minimum atomic E-state index is 0.142. The van der Waals surface area contributed by atoms with Crippen LogP contribution < -0.4 is 4.90 Å². The topological polar surface area (TPSA) is 16.1 Å². The number of benzene rings is 2. The Labute approximate surface area is 150 Å². The third-order valence-electron chi connectivity index (χ3n) is 4.28. The van der Waals surface area contributed by atoms with Crippen LogP contribution in [0.5, 0.6) is 0 Å². The first-order chi connectivity index (χ1) is 12.0. The van der Waals surface area contributed by atoms with Crippen LogP contribution in [0.2, 0.25) is 0 Å². The number of anilines is 3. The second-order valence-corrected chi connectivity index (χ2v) is 7.14. The summed E-state index contributed by atoms with van der Waals surface area (Å²) < 4.78 is 0. The van der Waals surface area contributed by atoms with Crippen molar-refractivity contribution in [2.45, 2.75) is 26.2 Å². The first-order valence-corrected chi connectivity index (χ1v) is 8.52. The van der Waals surface area contributed by atoms with Crippen LogP contribution in [0.25, 0.3) is 6.08 Å². The molecule has 0 spiro atoms. The van der Waals surface area contributed by atoms with Gasteiger partial charge in [0.25, 0.3) is 0 Å². The summed E-state index contributed by atoms with van der Waals surface area (Å²) in [5.41, 5.74) is 5.83. The number of pyridine rings is 1. The van der Waals surface area contributed by atoms with Gasteiger partial charge in [-0.15, -0.1) is 0 Å². The number of nitrogens with zero attached hydrogens (tertiary/aromatic N) is 2. The molecule has 0 atom stereocenters. The normalized spacial score (nSPS) is 11.2. The first-order valence-electron chi connectivity index (χ1n) is 8.52. The Bertz CT molecular complexity index is 826. The molecule has 0 saturated heterocycles. The fraction of sp³-hybridized carbons (Fsp3) is 0.174. The minimum Gasteiger partial charge on any atom is -0.309 e. The standard InChI is InChI=1S/C23H24N2/c1-5-18-8-12-20(13-9-18)25(22-7-6-16-24-17-22)21-14-10-19(11-15-21)23(2,3)4/h5-17H,1H2,2-4H3. The van der Waals surface area contributed by atoms with Crippen molar-refractivity contribution < 1.29 is 0 Å². The fourth-order valence-corrected chi connectivity index (χ4v) is 2.80. The van der Waals surface area contributed by atoms with E-state index in [9.17, 15) is 0 Å². The van der Waals surface area contributed by atoms with E-state index in [1.165, 1.54) is 5.56 Å².